The van der Waals surface area contributed by atoms with Gasteiger partial charge in [-0.1, -0.05) is 11.6 Å². The Morgan fingerprint density at radius 1 is 1.21 bits per heavy atom. The minimum Gasteiger partial charge on any atom is -0.478 e. The molecule has 6 heteroatoms. The van der Waals surface area contributed by atoms with Gasteiger partial charge in [0.05, 0.1) is 16.9 Å². The van der Waals surface area contributed by atoms with Crippen molar-refractivity contribution in [2.45, 2.75) is 0 Å². The van der Waals surface area contributed by atoms with Gasteiger partial charge in [0.15, 0.2) is 0 Å². The van der Waals surface area contributed by atoms with Crippen molar-refractivity contribution in [1.29, 1.82) is 0 Å². The van der Waals surface area contributed by atoms with E-state index in [2.05, 4.69) is 21.2 Å². The van der Waals surface area contributed by atoms with Gasteiger partial charge in [-0.3, -0.25) is 0 Å². The maximum absolute atomic E-state index is 13.2. The number of nitrogens with one attached hydrogen (secondary N) is 1. The van der Waals surface area contributed by atoms with Crippen LogP contribution in [-0.4, -0.2) is 11.1 Å². The van der Waals surface area contributed by atoms with Gasteiger partial charge in [-0.2, -0.15) is 0 Å². The van der Waals surface area contributed by atoms with Crippen molar-refractivity contribution >= 4 is 44.9 Å². The van der Waals surface area contributed by atoms with E-state index < -0.39 is 11.8 Å². The van der Waals surface area contributed by atoms with E-state index in [-0.39, 0.29) is 5.56 Å². The Kier molecular flexibility index (Phi) is 4.07. The quantitative estimate of drug-likeness (QED) is 0.849. The van der Waals surface area contributed by atoms with Crippen LogP contribution >= 0.6 is 27.5 Å². The number of rotatable bonds is 3. The molecule has 0 aliphatic rings. The predicted molar refractivity (Wildman–Crippen MR) is 75.8 cm³/mol. The van der Waals surface area contributed by atoms with Gasteiger partial charge in [0, 0.05) is 9.50 Å². The van der Waals surface area contributed by atoms with Crippen LogP contribution in [0.2, 0.25) is 5.02 Å². The third-order valence-corrected chi connectivity index (χ3v) is 3.34. The van der Waals surface area contributed by atoms with Crippen molar-refractivity contribution in [3.05, 3.63) is 57.3 Å². The molecule has 0 spiro atoms. The first-order valence-electron chi connectivity index (χ1n) is 5.22. The summed E-state index contributed by atoms with van der Waals surface area (Å²) in [6.07, 6.45) is 0. The molecule has 0 bridgehead atoms. The Morgan fingerprint density at radius 3 is 2.63 bits per heavy atom. The van der Waals surface area contributed by atoms with Crippen molar-refractivity contribution in [2.75, 3.05) is 5.32 Å². The number of carbonyl (C=O) groups is 1. The number of halogens is 3. The number of carboxylic acids is 1. The topological polar surface area (TPSA) is 49.3 Å². The monoisotopic (exact) mass is 343 g/mol. The van der Waals surface area contributed by atoms with Crippen LogP contribution in [0.15, 0.2) is 40.9 Å². The largest absolute Gasteiger partial charge is 0.478 e. The summed E-state index contributed by atoms with van der Waals surface area (Å²) in [5.41, 5.74) is 0.789. The number of hydrogen-bond acceptors (Lipinski definition) is 2. The summed E-state index contributed by atoms with van der Waals surface area (Å²) in [6.45, 7) is 0. The van der Waals surface area contributed by atoms with Crippen LogP contribution in [-0.2, 0) is 0 Å². The van der Waals surface area contributed by atoms with Gasteiger partial charge in [0.2, 0.25) is 0 Å². The first-order valence-corrected chi connectivity index (χ1v) is 6.39. The van der Waals surface area contributed by atoms with Crippen molar-refractivity contribution < 1.29 is 14.3 Å². The average molecular weight is 345 g/mol. The standard InChI is InChI=1S/C13H8BrClFNO2/c14-10-3-2-8(16)6-12(10)17-11-4-1-7(15)5-9(11)13(18)19/h1-6,17H,(H,18,19). The lowest BCUT2D eigenvalue weighted by molar-refractivity contribution is 0.0698. The molecule has 0 saturated heterocycles. The molecular formula is C13H8BrClFNO2. The lowest BCUT2D eigenvalue weighted by Gasteiger charge is -2.11. The minimum absolute atomic E-state index is 0.0173. The zero-order chi connectivity index (χ0) is 14.0. The van der Waals surface area contributed by atoms with Crippen LogP contribution in [0.25, 0.3) is 0 Å². The number of aromatic carboxylic acids is 1. The molecular weight excluding hydrogens is 337 g/mol. The summed E-state index contributed by atoms with van der Waals surface area (Å²) in [6, 6.07) is 8.53. The third kappa shape index (κ3) is 3.24. The van der Waals surface area contributed by atoms with Gasteiger partial charge in [0.25, 0.3) is 0 Å². The van der Waals surface area contributed by atoms with Crippen molar-refractivity contribution in [1.82, 2.24) is 0 Å². The maximum Gasteiger partial charge on any atom is 0.337 e. The summed E-state index contributed by atoms with van der Waals surface area (Å²) < 4.78 is 13.8. The molecule has 0 saturated carbocycles. The molecule has 0 heterocycles. The van der Waals surface area contributed by atoms with Crippen LogP contribution in [0.5, 0.6) is 0 Å². The molecule has 0 aliphatic carbocycles. The summed E-state index contributed by atoms with van der Waals surface area (Å²) in [4.78, 5) is 11.1. The van der Waals surface area contributed by atoms with Crippen molar-refractivity contribution in [2.24, 2.45) is 0 Å². The van der Waals surface area contributed by atoms with Crippen LogP contribution in [0.4, 0.5) is 15.8 Å². The lowest BCUT2D eigenvalue weighted by atomic mass is 10.1. The smallest absolute Gasteiger partial charge is 0.337 e. The second-order valence-electron chi connectivity index (χ2n) is 3.74. The van der Waals surface area contributed by atoms with E-state index in [9.17, 15) is 9.18 Å². The SMILES string of the molecule is O=C(O)c1cc(Cl)ccc1Nc1cc(F)ccc1Br. The zero-order valence-corrected chi connectivity index (χ0v) is 11.8. The van der Waals surface area contributed by atoms with Gasteiger partial charge in [-0.15, -0.1) is 0 Å². The maximum atomic E-state index is 13.2. The highest BCUT2D eigenvalue weighted by Crippen LogP contribution is 2.29. The molecule has 0 unspecified atom stereocenters. The molecule has 19 heavy (non-hydrogen) atoms. The van der Waals surface area contributed by atoms with E-state index in [1.54, 1.807) is 6.07 Å². The van der Waals surface area contributed by atoms with Gasteiger partial charge in [-0.25, -0.2) is 9.18 Å². The third-order valence-electron chi connectivity index (χ3n) is 2.41. The van der Waals surface area contributed by atoms with Crippen LogP contribution in [0.3, 0.4) is 0 Å². The van der Waals surface area contributed by atoms with E-state index in [4.69, 9.17) is 16.7 Å². The Labute approximate surface area is 122 Å². The van der Waals surface area contributed by atoms with Gasteiger partial charge >= 0.3 is 5.97 Å². The summed E-state index contributed by atoms with van der Waals surface area (Å²) in [7, 11) is 0. The molecule has 0 radical (unpaired) electrons. The number of benzene rings is 2. The van der Waals surface area contributed by atoms with Gasteiger partial charge in [0.1, 0.15) is 5.82 Å². The highest BCUT2D eigenvalue weighted by atomic mass is 79.9. The molecule has 2 aromatic rings. The number of carboxylic acid groups (broad SMARTS) is 1. The Morgan fingerprint density at radius 2 is 1.95 bits per heavy atom. The molecule has 2 N–H and O–H groups in total. The molecule has 0 aliphatic heterocycles. The van der Waals surface area contributed by atoms with E-state index >= 15 is 0 Å². The van der Waals surface area contributed by atoms with E-state index in [1.807, 2.05) is 0 Å². The summed E-state index contributed by atoms with van der Waals surface area (Å²) in [5, 5.41) is 12.3. The number of hydrogen-bond donors (Lipinski definition) is 2. The second-order valence-corrected chi connectivity index (χ2v) is 5.03. The van der Waals surface area contributed by atoms with Gasteiger partial charge in [-0.05, 0) is 52.3 Å². The Hall–Kier alpha value is -1.59. The van der Waals surface area contributed by atoms with Crippen LogP contribution in [0.1, 0.15) is 10.4 Å². The molecule has 0 amide bonds. The minimum atomic E-state index is -1.11. The molecule has 0 atom stereocenters. The molecule has 2 aromatic carbocycles. The first kappa shape index (κ1) is 13.8. The van der Waals surface area contributed by atoms with Gasteiger partial charge < -0.3 is 10.4 Å². The highest BCUT2D eigenvalue weighted by molar-refractivity contribution is 9.10. The molecule has 0 aromatic heterocycles. The Balaban J connectivity index is 2.43. The van der Waals surface area contributed by atoms with Crippen molar-refractivity contribution in [3.63, 3.8) is 0 Å². The van der Waals surface area contributed by atoms with Crippen LogP contribution < -0.4 is 5.32 Å². The fraction of sp³-hybridized carbons (Fsp3) is 0. The molecule has 2 rings (SSSR count). The summed E-state index contributed by atoms with van der Waals surface area (Å²) in [5.74, 6) is -1.53. The second kappa shape index (κ2) is 5.59. The zero-order valence-electron chi connectivity index (χ0n) is 9.45. The highest BCUT2D eigenvalue weighted by Gasteiger charge is 2.12. The normalized spacial score (nSPS) is 10.3. The average Bonchev–Trinajstić information content (AvgIpc) is 2.35. The fourth-order valence-corrected chi connectivity index (χ4v) is 2.06. The van der Waals surface area contributed by atoms with E-state index in [0.717, 1.165) is 0 Å². The lowest BCUT2D eigenvalue weighted by Crippen LogP contribution is -2.03. The van der Waals surface area contributed by atoms with E-state index in [0.29, 0.717) is 20.9 Å². The van der Waals surface area contributed by atoms with E-state index in [1.165, 1.54) is 30.3 Å². The van der Waals surface area contributed by atoms with Crippen LogP contribution in [0, 0.1) is 5.82 Å². The summed E-state index contributed by atoms with van der Waals surface area (Å²) >= 11 is 9.02. The molecule has 0 fully saturated rings. The van der Waals surface area contributed by atoms with Crippen molar-refractivity contribution in [3.8, 4) is 0 Å². The predicted octanol–water partition coefficient (Wildman–Crippen LogP) is 4.68. The first-order chi connectivity index (χ1) is 8.97. The fourth-order valence-electron chi connectivity index (χ4n) is 1.54. The number of anilines is 2. The molecule has 98 valence electrons. The molecule has 3 nitrogen and oxygen atoms in total. The Bertz CT molecular complexity index is 649.